The van der Waals surface area contributed by atoms with E-state index in [1.807, 2.05) is 4.90 Å². The second-order valence-corrected chi connectivity index (χ2v) is 7.16. The Hall–Kier alpha value is -2.51. The van der Waals surface area contributed by atoms with Crippen LogP contribution in [0.5, 0.6) is 0 Å². The number of carbonyl (C=O) groups excluding carboxylic acids is 1. The smallest absolute Gasteiger partial charge is 0.375 e. The number of nitrogens with zero attached hydrogens (tertiary/aromatic N) is 3. The van der Waals surface area contributed by atoms with Gasteiger partial charge in [-0.25, -0.2) is 9.18 Å². The Bertz CT molecular complexity index is 902. The van der Waals surface area contributed by atoms with Crippen molar-refractivity contribution in [2.45, 2.75) is 6.92 Å². The van der Waals surface area contributed by atoms with Gasteiger partial charge in [0.25, 0.3) is 0 Å². The van der Waals surface area contributed by atoms with Gasteiger partial charge in [-0.3, -0.25) is 5.43 Å². The van der Waals surface area contributed by atoms with E-state index in [0.29, 0.717) is 47.6 Å². The number of halogens is 3. The zero-order valence-corrected chi connectivity index (χ0v) is 17.4. The summed E-state index contributed by atoms with van der Waals surface area (Å²) in [5.74, 6) is -0.675. The maximum absolute atomic E-state index is 14.1. The van der Waals surface area contributed by atoms with Gasteiger partial charge in [-0.15, -0.1) is 5.10 Å². The van der Waals surface area contributed by atoms with Gasteiger partial charge in [0, 0.05) is 31.2 Å². The predicted molar refractivity (Wildman–Crippen MR) is 114 cm³/mol. The number of esters is 1. The predicted octanol–water partition coefficient (Wildman–Crippen LogP) is 4.24. The van der Waals surface area contributed by atoms with Gasteiger partial charge >= 0.3 is 5.97 Å². The van der Waals surface area contributed by atoms with Crippen LogP contribution in [0.4, 0.5) is 15.8 Å². The molecule has 0 amide bonds. The number of piperazine rings is 1. The second kappa shape index (κ2) is 9.80. The quantitative estimate of drug-likeness (QED) is 0.334. The Kier molecular flexibility index (Phi) is 7.17. The molecule has 0 aliphatic carbocycles. The van der Waals surface area contributed by atoms with Crippen molar-refractivity contribution in [1.29, 1.82) is 0 Å². The first kappa shape index (κ1) is 21.2. The van der Waals surface area contributed by atoms with E-state index in [2.05, 4.69) is 10.5 Å². The minimum absolute atomic E-state index is 0.135. The molecule has 2 aromatic carbocycles. The van der Waals surface area contributed by atoms with Gasteiger partial charge < -0.3 is 14.5 Å². The van der Waals surface area contributed by atoms with Gasteiger partial charge in [-0.2, -0.15) is 0 Å². The van der Waals surface area contributed by atoms with Crippen LogP contribution >= 0.6 is 23.2 Å². The lowest BCUT2D eigenvalue weighted by Gasteiger charge is -2.37. The molecule has 2 aromatic rings. The van der Waals surface area contributed by atoms with Gasteiger partial charge in [0.2, 0.25) is 5.84 Å². The molecule has 1 fully saturated rings. The lowest BCUT2D eigenvalue weighted by molar-refractivity contribution is -0.135. The molecular formula is C20H21Cl2FN4O2. The van der Waals surface area contributed by atoms with Gasteiger partial charge in [0.05, 0.1) is 23.0 Å². The minimum atomic E-state index is -0.544. The number of hydrazone groups is 1. The lowest BCUT2D eigenvalue weighted by atomic mass is 10.2. The molecule has 0 saturated carbocycles. The molecule has 0 spiro atoms. The van der Waals surface area contributed by atoms with Gasteiger partial charge in [0.1, 0.15) is 5.82 Å². The average Bonchev–Trinajstić information content (AvgIpc) is 2.72. The number of para-hydroxylation sites is 1. The summed E-state index contributed by atoms with van der Waals surface area (Å²) < 4.78 is 19.2. The van der Waals surface area contributed by atoms with E-state index in [-0.39, 0.29) is 18.3 Å². The third-order valence-corrected chi connectivity index (χ3v) is 5.01. The molecule has 0 bridgehead atoms. The Morgan fingerprint density at radius 1 is 1.17 bits per heavy atom. The molecule has 1 heterocycles. The van der Waals surface area contributed by atoms with E-state index < -0.39 is 5.97 Å². The highest BCUT2D eigenvalue weighted by Crippen LogP contribution is 2.25. The highest BCUT2D eigenvalue weighted by molar-refractivity contribution is 6.36. The van der Waals surface area contributed by atoms with Crippen LogP contribution in [0.25, 0.3) is 0 Å². The summed E-state index contributed by atoms with van der Waals surface area (Å²) >= 11 is 12.1. The number of rotatable bonds is 4. The maximum atomic E-state index is 14.1. The SMILES string of the molecule is CCOC(=O)/C(=N\Nc1cc(Cl)ccc1Cl)N1CCN(c2ccccc2F)CC1. The van der Waals surface area contributed by atoms with E-state index in [1.165, 1.54) is 6.07 Å². The fourth-order valence-corrected chi connectivity index (χ4v) is 3.34. The van der Waals surface area contributed by atoms with Crippen LogP contribution in [0, 0.1) is 5.82 Å². The number of hydrogen-bond donors (Lipinski definition) is 1. The third-order valence-electron chi connectivity index (χ3n) is 4.44. The van der Waals surface area contributed by atoms with Crippen molar-refractivity contribution in [2.75, 3.05) is 43.1 Å². The van der Waals surface area contributed by atoms with Crippen LogP contribution in [0.2, 0.25) is 10.0 Å². The Morgan fingerprint density at radius 2 is 1.90 bits per heavy atom. The van der Waals surface area contributed by atoms with Gasteiger partial charge in [-0.1, -0.05) is 35.3 Å². The molecule has 6 nitrogen and oxygen atoms in total. The van der Waals surface area contributed by atoms with Crippen molar-refractivity contribution in [3.63, 3.8) is 0 Å². The summed E-state index contributed by atoms with van der Waals surface area (Å²) in [5, 5.41) is 5.15. The molecule has 1 aliphatic rings. The van der Waals surface area contributed by atoms with Crippen molar-refractivity contribution < 1.29 is 13.9 Å². The van der Waals surface area contributed by atoms with Crippen molar-refractivity contribution >= 4 is 46.4 Å². The first-order chi connectivity index (χ1) is 14.0. The van der Waals surface area contributed by atoms with Crippen molar-refractivity contribution in [1.82, 2.24) is 4.90 Å². The molecule has 1 N–H and O–H groups in total. The van der Waals surface area contributed by atoms with Crippen LogP contribution in [0.3, 0.4) is 0 Å². The van der Waals surface area contributed by atoms with Crippen LogP contribution in [0.15, 0.2) is 47.6 Å². The topological polar surface area (TPSA) is 57.2 Å². The molecule has 29 heavy (non-hydrogen) atoms. The zero-order valence-electron chi connectivity index (χ0n) is 15.9. The van der Waals surface area contributed by atoms with E-state index >= 15 is 0 Å². The summed E-state index contributed by atoms with van der Waals surface area (Å²) in [6.45, 7) is 4.00. The van der Waals surface area contributed by atoms with Gasteiger partial charge in [-0.05, 0) is 37.3 Å². The Balaban J connectivity index is 1.75. The first-order valence-corrected chi connectivity index (χ1v) is 9.95. The standard InChI is InChI=1S/C20H21Cl2FN4O2/c1-2-29-20(28)19(25-24-17-13-14(21)7-8-15(17)22)27-11-9-26(10-12-27)18-6-4-3-5-16(18)23/h3-8,13,24H,2,9-12H2,1H3/b25-19+. The number of carbonyl (C=O) groups is 1. The normalized spacial score (nSPS) is 14.7. The van der Waals surface area contributed by atoms with E-state index in [0.717, 1.165) is 0 Å². The lowest BCUT2D eigenvalue weighted by Crippen LogP contribution is -2.51. The highest BCUT2D eigenvalue weighted by Gasteiger charge is 2.26. The monoisotopic (exact) mass is 438 g/mol. The molecule has 1 saturated heterocycles. The number of ether oxygens (including phenoxy) is 1. The van der Waals surface area contributed by atoms with Crippen LogP contribution in [0.1, 0.15) is 6.92 Å². The number of nitrogens with one attached hydrogen (secondary N) is 1. The highest BCUT2D eigenvalue weighted by atomic mass is 35.5. The van der Waals surface area contributed by atoms with Crippen LogP contribution < -0.4 is 10.3 Å². The molecule has 9 heteroatoms. The maximum Gasteiger partial charge on any atom is 0.375 e. The summed E-state index contributed by atoms with van der Waals surface area (Å²) in [4.78, 5) is 16.2. The van der Waals surface area contributed by atoms with Crippen LogP contribution in [-0.4, -0.2) is 49.5 Å². The molecule has 0 aromatic heterocycles. The van der Waals surface area contributed by atoms with E-state index in [4.69, 9.17) is 27.9 Å². The average molecular weight is 439 g/mol. The Labute approximate surface area is 178 Å². The summed E-state index contributed by atoms with van der Waals surface area (Å²) in [7, 11) is 0. The van der Waals surface area contributed by atoms with Crippen LogP contribution in [-0.2, 0) is 9.53 Å². The molecular weight excluding hydrogens is 418 g/mol. The fraction of sp³-hybridized carbons (Fsp3) is 0.300. The molecule has 0 unspecified atom stereocenters. The largest absolute Gasteiger partial charge is 0.460 e. The molecule has 1 aliphatic heterocycles. The molecule has 0 atom stereocenters. The third kappa shape index (κ3) is 5.31. The van der Waals surface area contributed by atoms with Crippen molar-refractivity contribution in [2.24, 2.45) is 5.10 Å². The van der Waals surface area contributed by atoms with Crippen molar-refractivity contribution in [3.05, 3.63) is 58.3 Å². The van der Waals surface area contributed by atoms with E-state index in [1.54, 1.807) is 48.2 Å². The van der Waals surface area contributed by atoms with Gasteiger partial charge in [0.15, 0.2) is 0 Å². The van der Waals surface area contributed by atoms with E-state index in [9.17, 15) is 9.18 Å². The summed E-state index contributed by atoms with van der Waals surface area (Å²) in [6, 6.07) is 11.6. The Morgan fingerprint density at radius 3 is 2.59 bits per heavy atom. The number of amidine groups is 1. The zero-order chi connectivity index (χ0) is 20.8. The molecule has 0 radical (unpaired) electrons. The number of hydrogen-bond acceptors (Lipinski definition) is 5. The molecule has 3 rings (SSSR count). The number of benzene rings is 2. The fourth-order valence-electron chi connectivity index (χ4n) is 3.00. The summed E-state index contributed by atoms with van der Waals surface area (Å²) in [6.07, 6.45) is 0. The first-order valence-electron chi connectivity index (χ1n) is 9.20. The minimum Gasteiger partial charge on any atom is -0.460 e. The van der Waals surface area contributed by atoms with Crippen molar-refractivity contribution in [3.8, 4) is 0 Å². The second-order valence-electron chi connectivity index (χ2n) is 6.32. The summed E-state index contributed by atoms with van der Waals surface area (Å²) in [5.41, 5.74) is 3.82. The molecule has 154 valence electrons. The number of anilines is 2.